The van der Waals surface area contributed by atoms with E-state index >= 15 is 0 Å². The van der Waals surface area contributed by atoms with Gasteiger partial charge in [0.25, 0.3) is 5.91 Å². The number of rotatable bonds is 5. The second-order valence-corrected chi connectivity index (χ2v) is 6.89. The Balaban J connectivity index is 1.74. The summed E-state index contributed by atoms with van der Waals surface area (Å²) in [6.07, 6.45) is 0. The van der Waals surface area contributed by atoms with Crippen molar-refractivity contribution in [3.63, 3.8) is 0 Å². The van der Waals surface area contributed by atoms with Gasteiger partial charge < -0.3 is 14.4 Å². The summed E-state index contributed by atoms with van der Waals surface area (Å²) in [6.45, 7) is 2.21. The second kappa shape index (κ2) is 8.96. The van der Waals surface area contributed by atoms with Gasteiger partial charge in [-0.25, -0.2) is 0 Å². The van der Waals surface area contributed by atoms with Crippen molar-refractivity contribution in [2.24, 2.45) is 0 Å². The summed E-state index contributed by atoms with van der Waals surface area (Å²) < 4.78 is 10.7. The zero-order valence-corrected chi connectivity index (χ0v) is 16.6. The third kappa shape index (κ3) is 4.06. The third-order valence-corrected chi connectivity index (χ3v) is 5.13. The normalized spacial score (nSPS) is 15.6. The molecule has 1 aliphatic heterocycles. The van der Waals surface area contributed by atoms with E-state index in [1.165, 1.54) is 14.2 Å². The number of amides is 1. The Kier molecular flexibility index (Phi) is 6.40. The Hall–Kier alpha value is -2.75. The highest BCUT2D eigenvalue weighted by Crippen LogP contribution is 2.30. The average Bonchev–Trinajstić information content (AvgIpc) is 2.73. The van der Waals surface area contributed by atoms with Crippen molar-refractivity contribution in [1.29, 1.82) is 5.26 Å². The predicted octanol–water partition coefficient (Wildman–Crippen LogP) is 3.38. The molecule has 1 aliphatic rings. The van der Waals surface area contributed by atoms with E-state index in [4.69, 9.17) is 21.1 Å². The van der Waals surface area contributed by atoms with Gasteiger partial charge in [0, 0.05) is 31.2 Å². The van der Waals surface area contributed by atoms with Crippen LogP contribution in [0.1, 0.15) is 22.0 Å². The van der Waals surface area contributed by atoms with Crippen LogP contribution in [-0.2, 0) is 0 Å². The maximum Gasteiger partial charge on any atom is 0.261 e. The minimum absolute atomic E-state index is 0.134. The van der Waals surface area contributed by atoms with Crippen LogP contribution in [0, 0.1) is 11.3 Å². The summed E-state index contributed by atoms with van der Waals surface area (Å²) >= 11 is 6.07. The number of carbonyl (C=O) groups excluding carboxylic acids is 1. The van der Waals surface area contributed by atoms with E-state index < -0.39 is 6.04 Å². The number of ether oxygens (including phenoxy) is 2. The van der Waals surface area contributed by atoms with E-state index in [0.717, 1.165) is 5.56 Å². The van der Waals surface area contributed by atoms with Crippen molar-refractivity contribution in [2.45, 2.75) is 6.04 Å². The molecule has 1 heterocycles. The molecule has 0 radical (unpaired) electrons. The van der Waals surface area contributed by atoms with Crippen molar-refractivity contribution in [3.8, 4) is 17.6 Å². The van der Waals surface area contributed by atoms with Gasteiger partial charge in [-0.3, -0.25) is 9.69 Å². The molecule has 0 aliphatic carbocycles. The van der Waals surface area contributed by atoms with Crippen LogP contribution in [0.15, 0.2) is 42.5 Å². The van der Waals surface area contributed by atoms with E-state index in [-0.39, 0.29) is 5.91 Å². The van der Waals surface area contributed by atoms with Gasteiger partial charge in [0.05, 0.1) is 20.3 Å². The van der Waals surface area contributed by atoms with E-state index in [1.54, 1.807) is 29.2 Å². The summed E-state index contributed by atoms with van der Waals surface area (Å²) in [5.74, 6) is 0.839. The van der Waals surface area contributed by atoms with Gasteiger partial charge in [-0.2, -0.15) is 5.26 Å². The standard InChI is InChI=1S/C21H22ClN3O3/c1-27-18-7-4-8-19(28-2)20(18)21(26)25-11-9-24(10-12-25)17(14-23)15-5-3-6-16(22)13-15/h3-8,13,17H,9-12H2,1-2H3. The lowest BCUT2D eigenvalue weighted by atomic mass is 10.1. The minimum atomic E-state index is -0.392. The molecule has 0 saturated carbocycles. The number of hydrogen-bond donors (Lipinski definition) is 0. The van der Waals surface area contributed by atoms with Crippen LogP contribution in [0.2, 0.25) is 5.02 Å². The predicted molar refractivity (Wildman–Crippen MR) is 107 cm³/mol. The molecule has 0 bridgehead atoms. The van der Waals surface area contributed by atoms with Crippen LogP contribution >= 0.6 is 11.6 Å². The van der Waals surface area contributed by atoms with E-state index in [1.807, 2.05) is 18.2 Å². The number of benzene rings is 2. The molecule has 1 amide bonds. The summed E-state index contributed by atoms with van der Waals surface area (Å²) in [5, 5.41) is 10.3. The van der Waals surface area contributed by atoms with Crippen LogP contribution in [0.4, 0.5) is 0 Å². The van der Waals surface area contributed by atoms with Crippen molar-refractivity contribution >= 4 is 17.5 Å². The Morgan fingerprint density at radius 1 is 1.07 bits per heavy atom. The first kappa shape index (κ1) is 20.0. The van der Waals surface area contributed by atoms with Gasteiger partial charge in [-0.1, -0.05) is 29.8 Å². The number of nitriles is 1. The molecule has 1 fully saturated rings. The summed E-state index contributed by atoms with van der Waals surface area (Å²) in [6, 6.07) is 14.6. The molecule has 2 aromatic carbocycles. The molecule has 3 rings (SSSR count). The highest BCUT2D eigenvalue weighted by Gasteiger charge is 2.30. The van der Waals surface area contributed by atoms with Crippen LogP contribution in [0.5, 0.6) is 11.5 Å². The van der Waals surface area contributed by atoms with E-state index in [2.05, 4.69) is 11.0 Å². The van der Waals surface area contributed by atoms with Crippen molar-refractivity contribution < 1.29 is 14.3 Å². The topological polar surface area (TPSA) is 65.8 Å². The summed E-state index contributed by atoms with van der Waals surface area (Å²) in [7, 11) is 3.07. The molecule has 2 aromatic rings. The number of carbonyl (C=O) groups is 1. The van der Waals surface area contributed by atoms with Crippen molar-refractivity contribution in [1.82, 2.24) is 9.80 Å². The van der Waals surface area contributed by atoms with Crippen LogP contribution in [0.3, 0.4) is 0 Å². The molecular weight excluding hydrogens is 378 g/mol. The Morgan fingerprint density at radius 2 is 1.68 bits per heavy atom. The first-order valence-electron chi connectivity index (χ1n) is 8.98. The Bertz CT molecular complexity index is 866. The Labute approximate surface area is 169 Å². The van der Waals surface area contributed by atoms with Gasteiger partial charge >= 0.3 is 0 Å². The molecule has 6 nitrogen and oxygen atoms in total. The van der Waals surface area contributed by atoms with Crippen molar-refractivity contribution in [3.05, 3.63) is 58.6 Å². The molecule has 28 heavy (non-hydrogen) atoms. The average molecular weight is 400 g/mol. The lowest BCUT2D eigenvalue weighted by Gasteiger charge is -2.37. The highest BCUT2D eigenvalue weighted by molar-refractivity contribution is 6.30. The lowest BCUT2D eigenvalue weighted by Crippen LogP contribution is -2.49. The van der Waals surface area contributed by atoms with Crippen LogP contribution in [0.25, 0.3) is 0 Å². The first-order valence-corrected chi connectivity index (χ1v) is 9.36. The maximum absolute atomic E-state index is 13.1. The van der Waals surface area contributed by atoms with Gasteiger partial charge in [-0.05, 0) is 29.8 Å². The first-order chi connectivity index (χ1) is 13.6. The minimum Gasteiger partial charge on any atom is -0.496 e. The van der Waals surface area contributed by atoms with E-state index in [9.17, 15) is 10.1 Å². The second-order valence-electron chi connectivity index (χ2n) is 6.45. The van der Waals surface area contributed by atoms with Gasteiger partial charge in [0.2, 0.25) is 0 Å². The monoisotopic (exact) mass is 399 g/mol. The fraction of sp³-hybridized carbons (Fsp3) is 0.333. The zero-order chi connectivity index (χ0) is 20.1. The number of hydrogen-bond acceptors (Lipinski definition) is 5. The highest BCUT2D eigenvalue weighted by atomic mass is 35.5. The summed E-state index contributed by atoms with van der Waals surface area (Å²) in [4.78, 5) is 16.9. The number of piperazine rings is 1. The zero-order valence-electron chi connectivity index (χ0n) is 15.9. The molecular formula is C21H22ClN3O3. The number of nitrogens with zero attached hydrogens (tertiary/aromatic N) is 3. The summed E-state index contributed by atoms with van der Waals surface area (Å²) in [5.41, 5.74) is 1.29. The quantitative estimate of drug-likeness (QED) is 0.771. The molecule has 7 heteroatoms. The molecule has 1 atom stereocenters. The maximum atomic E-state index is 13.1. The molecule has 1 saturated heterocycles. The molecule has 0 N–H and O–H groups in total. The molecule has 1 unspecified atom stereocenters. The lowest BCUT2D eigenvalue weighted by molar-refractivity contribution is 0.0600. The number of halogens is 1. The molecule has 146 valence electrons. The fourth-order valence-electron chi connectivity index (χ4n) is 3.45. The van der Waals surface area contributed by atoms with Crippen LogP contribution < -0.4 is 9.47 Å². The smallest absolute Gasteiger partial charge is 0.261 e. The van der Waals surface area contributed by atoms with Gasteiger partial charge in [0.1, 0.15) is 23.1 Å². The fourth-order valence-corrected chi connectivity index (χ4v) is 3.65. The molecule has 0 spiro atoms. The van der Waals surface area contributed by atoms with Gasteiger partial charge in [-0.15, -0.1) is 0 Å². The Morgan fingerprint density at radius 3 is 2.21 bits per heavy atom. The molecule has 0 aromatic heterocycles. The SMILES string of the molecule is COc1cccc(OC)c1C(=O)N1CCN(C(C#N)c2cccc(Cl)c2)CC1. The van der Waals surface area contributed by atoms with Crippen molar-refractivity contribution in [2.75, 3.05) is 40.4 Å². The largest absolute Gasteiger partial charge is 0.496 e. The number of methoxy groups -OCH3 is 2. The van der Waals surface area contributed by atoms with E-state index in [0.29, 0.717) is 48.3 Å². The van der Waals surface area contributed by atoms with Crippen LogP contribution in [-0.4, -0.2) is 56.1 Å². The third-order valence-electron chi connectivity index (χ3n) is 4.90. The van der Waals surface area contributed by atoms with Gasteiger partial charge in [0.15, 0.2) is 0 Å².